The van der Waals surface area contributed by atoms with E-state index in [0.29, 0.717) is 25.7 Å². The highest BCUT2D eigenvalue weighted by Gasteiger charge is 2.30. The third-order valence-corrected chi connectivity index (χ3v) is 17.6. The molecule has 0 aliphatic heterocycles. The molecule has 0 aromatic rings. The molecule has 0 saturated carbocycles. The zero-order valence-corrected chi connectivity index (χ0v) is 55.6. The van der Waals surface area contributed by atoms with Crippen molar-refractivity contribution in [1.82, 2.24) is 0 Å². The van der Waals surface area contributed by atoms with Crippen molar-refractivity contribution in [2.75, 3.05) is 39.6 Å². The van der Waals surface area contributed by atoms with Crippen molar-refractivity contribution in [2.45, 2.75) is 324 Å². The zero-order valence-electron chi connectivity index (χ0n) is 53.8. The van der Waals surface area contributed by atoms with Crippen LogP contribution in [0.5, 0.6) is 0 Å². The molecule has 0 spiro atoms. The summed E-state index contributed by atoms with van der Waals surface area (Å²) in [6, 6.07) is 0. The molecule has 0 aliphatic rings. The molecule has 0 rings (SSSR count). The molecule has 0 saturated heterocycles. The molecule has 492 valence electrons. The van der Waals surface area contributed by atoms with E-state index in [1.165, 1.54) is 109 Å². The van der Waals surface area contributed by atoms with E-state index < -0.39 is 97.5 Å². The molecule has 17 nitrogen and oxygen atoms in total. The van der Waals surface area contributed by atoms with Crippen LogP contribution in [-0.2, 0) is 65.4 Å². The number of rotatable bonds is 61. The van der Waals surface area contributed by atoms with Crippen molar-refractivity contribution in [3.05, 3.63) is 0 Å². The quantitative estimate of drug-likeness (QED) is 0.0222. The lowest BCUT2D eigenvalue weighted by atomic mass is 9.99. The highest BCUT2D eigenvalue weighted by Crippen LogP contribution is 2.45. The van der Waals surface area contributed by atoms with Crippen molar-refractivity contribution in [3.63, 3.8) is 0 Å². The molecule has 19 heteroatoms. The van der Waals surface area contributed by atoms with Gasteiger partial charge in [0.15, 0.2) is 12.2 Å². The Hall–Kier alpha value is -1.94. The Balaban J connectivity index is 5.26. The second-order valence-electron chi connectivity index (χ2n) is 24.4. The average Bonchev–Trinajstić information content (AvgIpc) is 3.46. The molecule has 83 heavy (non-hydrogen) atoms. The first-order chi connectivity index (χ1) is 39.7. The molecular weight excluding hydrogens is 1100 g/mol. The lowest BCUT2D eigenvalue weighted by Gasteiger charge is -2.21. The van der Waals surface area contributed by atoms with Gasteiger partial charge in [-0.3, -0.25) is 37.3 Å². The van der Waals surface area contributed by atoms with Crippen LogP contribution in [0.4, 0.5) is 0 Å². The molecular formula is C64H124O17P2. The number of ether oxygens (including phenoxy) is 4. The predicted octanol–water partition coefficient (Wildman–Crippen LogP) is 17.4. The first-order valence-corrected chi connectivity index (χ1v) is 36.3. The first kappa shape index (κ1) is 81.1. The highest BCUT2D eigenvalue weighted by atomic mass is 31.2. The normalized spacial score (nSPS) is 15.4. The Morgan fingerprint density at radius 1 is 0.337 bits per heavy atom. The van der Waals surface area contributed by atoms with E-state index in [2.05, 4.69) is 55.4 Å². The van der Waals surface area contributed by atoms with Crippen LogP contribution in [0.25, 0.3) is 0 Å². The van der Waals surface area contributed by atoms with Crippen LogP contribution >= 0.6 is 15.6 Å². The summed E-state index contributed by atoms with van der Waals surface area (Å²) in [6.45, 7) is 14.0. The molecule has 0 aromatic heterocycles. The first-order valence-electron chi connectivity index (χ1n) is 33.3. The van der Waals surface area contributed by atoms with Crippen LogP contribution in [-0.4, -0.2) is 96.7 Å². The maximum atomic E-state index is 13.0. The van der Waals surface area contributed by atoms with Crippen LogP contribution in [0.3, 0.4) is 0 Å². The Morgan fingerprint density at radius 3 is 0.855 bits per heavy atom. The highest BCUT2D eigenvalue weighted by molar-refractivity contribution is 7.47. The minimum Gasteiger partial charge on any atom is -0.462 e. The van der Waals surface area contributed by atoms with E-state index in [9.17, 15) is 43.2 Å². The summed E-state index contributed by atoms with van der Waals surface area (Å²) >= 11 is 0. The lowest BCUT2D eigenvalue weighted by Crippen LogP contribution is -2.30. The monoisotopic (exact) mass is 1230 g/mol. The molecule has 0 aromatic carbocycles. The Morgan fingerprint density at radius 2 is 0.578 bits per heavy atom. The number of phosphoric acid groups is 2. The van der Waals surface area contributed by atoms with Gasteiger partial charge in [-0.05, 0) is 49.4 Å². The van der Waals surface area contributed by atoms with E-state index in [4.69, 9.17) is 37.0 Å². The fourth-order valence-electron chi connectivity index (χ4n) is 9.33. The summed E-state index contributed by atoms with van der Waals surface area (Å²) in [6.07, 6.45) is 33.5. The molecule has 0 bridgehead atoms. The second kappa shape index (κ2) is 54.2. The molecule has 0 heterocycles. The van der Waals surface area contributed by atoms with Gasteiger partial charge in [-0.15, -0.1) is 0 Å². The van der Waals surface area contributed by atoms with Gasteiger partial charge in [-0.2, -0.15) is 0 Å². The molecule has 0 aliphatic carbocycles. The van der Waals surface area contributed by atoms with E-state index in [1.807, 2.05) is 0 Å². The van der Waals surface area contributed by atoms with Gasteiger partial charge in [0.05, 0.1) is 26.4 Å². The summed E-state index contributed by atoms with van der Waals surface area (Å²) in [7, 11) is -9.89. The van der Waals surface area contributed by atoms with Crippen LogP contribution in [0.15, 0.2) is 0 Å². The molecule has 8 atom stereocenters. The number of unbranched alkanes of at least 4 members (excludes halogenated alkanes) is 24. The maximum Gasteiger partial charge on any atom is 0.472 e. The van der Waals surface area contributed by atoms with E-state index in [-0.39, 0.29) is 25.7 Å². The number of aliphatic hydroxyl groups excluding tert-OH is 1. The van der Waals surface area contributed by atoms with Gasteiger partial charge in [-0.25, -0.2) is 9.13 Å². The summed E-state index contributed by atoms with van der Waals surface area (Å²) in [5, 5.41) is 10.5. The number of aliphatic hydroxyl groups is 1. The number of carbonyl (C=O) groups excluding carboxylic acids is 4. The van der Waals surface area contributed by atoms with Gasteiger partial charge in [0.2, 0.25) is 0 Å². The van der Waals surface area contributed by atoms with Gasteiger partial charge in [0.25, 0.3) is 0 Å². The second-order valence-corrected chi connectivity index (χ2v) is 27.3. The Labute approximate surface area is 505 Å². The molecule has 3 N–H and O–H groups in total. The minimum absolute atomic E-state index is 0.102. The number of hydrogen-bond acceptors (Lipinski definition) is 15. The van der Waals surface area contributed by atoms with Gasteiger partial charge < -0.3 is 33.8 Å². The van der Waals surface area contributed by atoms with Crippen LogP contribution in [0.2, 0.25) is 0 Å². The van der Waals surface area contributed by atoms with E-state index in [0.717, 1.165) is 114 Å². The summed E-state index contributed by atoms with van der Waals surface area (Å²) in [5.74, 6) is 0.800. The fraction of sp³-hybridized carbons (Fsp3) is 0.938. The SMILES string of the molecule is CCC(C)CCCCCCCCCCC(=O)OC[C@H](COP(=O)(O)OCC(O)COP(=O)(O)OC[C@@H](COC(=O)CCCCCCCCCCC(C)C)OC(=O)CCCCCCCCC(C)CC)OC(=O)CCCCCCCCC(C)CC. The summed E-state index contributed by atoms with van der Waals surface area (Å²) < 4.78 is 68.0. The molecule has 0 fully saturated rings. The molecule has 6 unspecified atom stereocenters. The van der Waals surface area contributed by atoms with Crippen LogP contribution < -0.4 is 0 Å². The number of esters is 4. The van der Waals surface area contributed by atoms with Crippen LogP contribution in [0, 0.1) is 23.7 Å². The van der Waals surface area contributed by atoms with Gasteiger partial charge >= 0.3 is 39.5 Å². The standard InChI is InChI=1S/C64H124O17P2/c1-9-55(6)41-33-25-17-13-15-19-29-37-45-62(67)75-51-60(81-64(69)47-39-31-23-21-27-35-43-57(8)11-3)53-79-83(72,73)77-49-58(65)48-76-82(70,71)78-52-59(80-63(68)46-38-30-22-20-26-34-42-56(7)10-2)50-74-61(66)44-36-28-18-14-12-16-24-32-40-54(4)5/h54-60,65H,9-53H2,1-8H3,(H,70,71)(H,72,73)/t55?,56?,57?,58?,59-,60-/m1/s1. The summed E-state index contributed by atoms with van der Waals surface area (Å²) in [4.78, 5) is 72.2. The summed E-state index contributed by atoms with van der Waals surface area (Å²) in [5.41, 5.74) is 0. The smallest absolute Gasteiger partial charge is 0.462 e. The third kappa shape index (κ3) is 55.1. The van der Waals surface area contributed by atoms with Crippen molar-refractivity contribution in [2.24, 2.45) is 23.7 Å². The largest absolute Gasteiger partial charge is 0.472 e. The Kier molecular flexibility index (Phi) is 53.0. The molecule has 0 amide bonds. The van der Waals surface area contributed by atoms with Crippen molar-refractivity contribution in [3.8, 4) is 0 Å². The van der Waals surface area contributed by atoms with Gasteiger partial charge in [0.1, 0.15) is 19.3 Å². The number of phosphoric ester groups is 2. The minimum atomic E-state index is -4.95. The number of carbonyl (C=O) groups is 4. The molecule has 0 radical (unpaired) electrons. The van der Waals surface area contributed by atoms with Crippen molar-refractivity contribution in [1.29, 1.82) is 0 Å². The fourth-order valence-corrected chi connectivity index (χ4v) is 10.9. The van der Waals surface area contributed by atoms with Crippen molar-refractivity contribution < 1.29 is 80.2 Å². The van der Waals surface area contributed by atoms with E-state index >= 15 is 0 Å². The van der Waals surface area contributed by atoms with Gasteiger partial charge in [0, 0.05) is 25.7 Å². The third-order valence-electron chi connectivity index (χ3n) is 15.7. The topological polar surface area (TPSA) is 237 Å². The van der Waals surface area contributed by atoms with E-state index in [1.54, 1.807) is 0 Å². The predicted molar refractivity (Wildman–Crippen MR) is 331 cm³/mol. The van der Waals surface area contributed by atoms with Crippen molar-refractivity contribution >= 4 is 39.5 Å². The average molecular weight is 1230 g/mol. The number of hydrogen-bond donors (Lipinski definition) is 3. The van der Waals surface area contributed by atoms with Crippen LogP contribution in [0.1, 0.15) is 306 Å². The Bertz CT molecular complexity index is 1670. The maximum absolute atomic E-state index is 13.0. The lowest BCUT2D eigenvalue weighted by molar-refractivity contribution is -0.161. The van der Waals surface area contributed by atoms with Gasteiger partial charge in [-0.1, -0.05) is 254 Å². The zero-order chi connectivity index (χ0) is 61.8.